The van der Waals surface area contributed by atoms with Crippen LogP contribution in [-0.4, -0.2) is 48.8 Å². The smallest absolute Gasteiger partial charge is 0.252 e. The lowest BCUT2D eigenvalue weighted by atomic mass is 9.95. The van der Waals surface area contributed by atoms with Gasteiger partial charge in [0.2, 0.25) is 11.8 Å². The van der Waals surface area contributed by atoms with Gasteiger partial charge in [0.25, 0.3) is 5.91 Å². The summed E-state index contributed by atoms with van der Waals surface area (Å²) in [4.78, 5) is 37.9. The first-order valence-electron chi connectivity index (χ1n) is 8.97. The Morgan fingerprint density at radius 3 is 2.60 bits per heavy atom. The van der Waals surface area contributed by atoms with Crippen LogP contribution in [-0.2, 0) is 9.59 Å². The highest BCUT2D eigenvalue weighted by Gasteiger charge is 2.26. The molecule has 2 N–H and O–H groups in total. The Kier molecular flexibility index (Phi) is 7.91. The van der Waals surface area contributed by atoms with Crippen LogP contribution in [0.3, 0.4) is 0 Å². The first-order valence-corrected chi connectivity index (χ1v) is 9.92. The maximum atomic E-state index is 12.2. The minimum atomic E-state index is -0.142. The summed E-state index contributed by atoms with van der Waals surface area (Å²) >= 11 is 1.47. The number of hydrogen-bond acceptors (Lipinski definition) is 4. The number of rotatable bonds is 8. The fourth-order valence-corrected chi connectivity index (χ4v) is 3.50. The fraction of sp³-hybridized carbons (Fsp3) is 0.611. The van der Waals surface area contributed by atoms with Crippen molar-refractivity contribution >= 4 is 29.1 Å². The van der Waals surface area contributed by atoms with E-state index < -0.39 is 0 Å². The number of carbonyl (C=O) groups excluding carboxylic acids is 3. The van der Waals surface area contributed by atoms with Crippen LogP contribution in [0.15, 0.2) is 16.8 Å². The number of piperidine rings is 1. The molecule has 25 heavy (non-hydrogen) atoms. The third-order valence-corrected chi connectivity index (χ3v) is 5.14. The summed E-state index contributed by atoms with van der Waals surface area (Å²) in [5, 5.41) is 9.37. The molecular formula is C18H27N3O3S. The van der Waals surface area contributed by atoms with Crippen LogP contribution in [0, 0.1) is 5.92 Å². The van der Waals surface area contributed by atoms with E-state index >= 15 is 0 Å². The maximum Gasteiger partial charge on any atom is 0.252 e. The van der Waals surface area contributed by atoms with Gasteiger partial charge in [0.15, 0.2) is 0 Å². The number of nitrogens with zero attached hydrogens (tertiary/aromatic N) is 1. The van der Waals surface area contributed by atoms with Crippen LogP contribution >= 0.6 is 11.3 Å². The predicted octanol–water partition coefficient (Wildman–Crippen LogP) is 2.02. The van der Waals surface area contributed by atoms with E-state index in [1.807, 2.05) is 5.38 Å². The molecule has 6 nitrogen and oxygen atoms in total. The van der Waals surface area contributed by atoms with Crippen molar-refractivity contribution in [3.8, 4) is 0 Å². The lowest BCUT2D eigenvalue weighted by Gasteiger charge is -2.31. The van der Waals surface area contributed by atoms with Gasteiger partial charge in [0, 0.05) is 49.5 Å². The van der Waals surface area contributed by atoms with Crippen molar-refractivity contribution < 1.29 is 14.4 Å². The zero-order valence-electron chi connectivity index (χ0n) is 14.8. The van der Waals surface area contributed by atoms with Crippen LogP contribution in [0.4, 0.5) is 0 Å². The SMILES string of the molecule is CCCCNC(=O)C1CCN(C(=O)CCNC(=O)c2ccsc2)CC1. The summed E-state index contributed by atoms with van der Waals surface area (Å²) in [6.45, 7) is 4.40. The van der Waals surface area contributed by atoms with Gasteiger partial charge in [-0.25, -0.2) is 0 Å². The van der Waals surface area contributed by atoms with Gasteiger partial charge < -0.3 is 15.5 Å². The van der Waals surface area contributed by atoms with E-state index in [1.54, 1.807) is 16.3 Å². The largest absolute Gasteiger partial charge is 0.356 e. The molecule has 1 aromatic rings. The normalized spacial score (nSPS) is 15.0. The minimum absolute atomic E-state index is 0.0131. The molecule has 1 aliphatic heterocycles. The van der Waals surface area contributed by atoms with E-state index in [9.17, 15) is 14.4 Å². The molecule has 1 aromatic heterocycles. The molecule has 0 aromatic carbocycles. The summed E-state index contributed by atoms with van der Waals surface area (Å²) in [5.74, 6) is 0.0229. The average Bonchev–Trinajstić information content (AvgIpc) is 3.16. The molecule has 0 atom stereocenters. The third-order valence-electron chi connectivity index (χ3n) is 4.46. The lowest BCUT2D eigenvalue weighted by Crippen LogP contribution is -2.43. The van der Waals surface area contributed by atoms with Crippen molar-refractivity contribution in [2.24, 2.45) is 5.92 Å². The van der Waals surface area contributed by atoms with Crippen molar-refractivity contribution in [2.45, 2.75) is 39.0 Å². The number of likely N-dealkylation sites (tertiary alicyclic amines) is 1. The van der Waals surface area contributed by atoms with E-state index in [-0.39, 0.29) is 23.6 Å². The number of hydrogen-bond donors (Lipinski definition) is 2. The molecule has 138 valence electrons. The fourth-order valence-electron chi connectivity index (χ4n) is 2.86. The van der Waals surface area contributed by atoms with Crippen molar-refractivity contribution in [1.29, 1.82) is 0 Å². The highest BCUT2D eigenvalue weighted by atomic mass is 32.1. The molecule has 2 rings (SSSR count). The Labute approximate surface area is 153 Å². The molecule has 0 unspecified atom stereocenters. The average molecular weight is 365 g/mol. The molecule has 0 spiro atoms. The predicted molar refractivity (Wildman–Crippen MR) is 98.5 cm³/mol. The molecule has 0 aliphatic carbocycles. The van der Waals surface area contributed by atoms with E-state index in [0.29, 0.717) is 44.5 Å². The van der Waals surface area contributed by atoms with Gasteiger partial charge in [-0.3, -0.25) is 14.4 Å². The number of carbonyl (C=O) groups is 3. The van der Waals surface area contributed by atoms with Crippen LogP contribution in [0.1, 0.15) is 49.4 Å². The summed E-state index contributed by atoms with van der Waals surface area (Å²) in [6, 6.07) is 1.76. The van der Waals surface area contributed by atoms with Gasteiger partial charge in [-0.15, -0.1) is 0 Å². The quantitative estimate of drug-likeness (QED) is 0.692. The second-order valence-electron chi connectivity index (χ2n) is 6.32. The van der Waals surface area contributed by atoms with Crippen molar-refractivity contribution in [3.05, 3.63) is 22.4 Å². The van der Waals surface area contributed by atoms with Gasteiger partial charge in [0.1, 0.15) is 0 Å². The van der Waals surface area contributed by atoms with Crippen molar-refractivity contribution in [1.82, 2.24) is 15.5 Å². The Hall–Kier alpha value is -1.89. The molecule has 3 amide bonds. The Balaban J connectivity index is 1.63. The molecule has 1 fully saturated rings. The Morgan fingerprint density at radius 2 is 1.96 bits per heavy atom. The standard InChI is InChI=1S/C18H27N3O3S/c1-2-3-8-19-17(23)14-5-10-21(11-6-14)16(22)4-9-20-18(24)15-7-12-25-13-15/h7,12-14H,2-6,8-11H2,1H3,(H,19,23)(H,20,24). The molecule has 0 saturated carbocycles. The number of thiophene rings is 1. The van der Waals surface area contributed by atoms with Crippen LogP contribution in [0.5, 0.6) is 0 Å². The summed E-state index contributed by atoms with van der Waals surface area (Å²) in [7, 11) is 0. The van der Waals surface area contributed by atoms with Crippen LogP contribution in [0.25, 0.3) is 0 Å². The molecule has 0 bridgehead atoms. The topological polar surface area (TPSA) is 78.5 Å². The lowest BCUT2D eigenvalue weighted by molar-refractivity contribution is -0.135. The first kappa shape index (κ1) is 19.4. The van der Waals surface area contributed by atoms with Gasteiger partial charge in [0.05, 0.1) is 0 Å². The summed E-state index contributed by atoms with van der Waals surface area (Å²) in [5.41, 5.74) is 0.632. The molecule has 0 radical (unpaired) electrons. The second kappa shape index (κ2) is 10.2. The molecule has 1 aliphatic rings. The Bertz CT molecular complexity index is 566. The molecule has 7 heteroatoms. The minimum Gasteiger partial charge on any atom is -0.356 e. The van der Waals surface area contributed by atoms with E-state index in [2.05, 4.69) is 17.6 Å². The third kappa shape index (κ3) is 6.16. The van der Waals surface area contributed by atoms with E-state index in [1.165, 1.54) is 11.3 Å². The maximum absolute atomic E-state index is 12.2. The number of unbranched alkanes of at least 4 members (excludes halogenated alkanes) is 1. The van der Waals surface area contributed by atoms with Crippen LogP contribution in [0.2, 0.25) is 0 Å². The zero-order chi connectivity index (χ0) is 18.1. The number of amides is 3. The van der Waals surface area contributed by atoms with Gasteiger partial charge in [-0.1, -0.05) is 13.3 Å². The van der Waals surface area contributed by atoms with Gasteiger partial charge in [-0.2, -0.15) is 11.3 Å². The zero-order valence-corrected chi connectivity index (χ0v) is 15.6. The summed E-state index contributed by atoms with van der Waals surface area (Å²) < 4.78 is 0. The molecule has 2 heterocycles. The van der Waals surface area contributed by atoms with Crippen molar-refractivity contribution in [2.75, 3.05) is 26.2 Å². The van der Waals surface area contributed by atoms with Gasteiger partial charge >= 0.3 is 0 Å². The summed E-state index contributed by atoms with van der Waals surface area (Å²) in [6.07, 6.45) is 3.79. The molecule has 1 saturated heterocycles. The van der Waals surface area contributed by atoms with E-state index in [4.69, 9.17) is 0 Å². The van der Waals surface area contributed by atoms with E-state index in [0.717, 1.165) is 19.4 Å². The second-order valence-corrected chi connectivity index (χ2v) is 7.10. The van der Waals surface area contributed by atoms with Gasteiger partial charge in [-0.05, 0) is 30.7 Å². The first-order chi connectivity index (χ1) is 12.1. The Morgan fingerprint density at radius 1 is 1.20 bits per heavy atom. The molecular weight excluding hydrogens is 338 g/mol. The highest BCUT2D eigenvalue weighted by molar-refractivity contribution is 7.08. The number of nitrogens with one attached hydrogen (secondary N) is 2. The van der Waals surface area contributed by atoms with Crippen molar-refractivity contribution in [3.63, 3.8) is 0 Å². The van der Waals surface area contributed by atoms with Crippen LogP contribution < -0.4 is 10.6 Å². The monoisotopic (exact) mass is 365 g/mol. The highest BCUT2D eigenvalue weighted by Crippen LogP contribution is 2.18.